The SMILES string of the molecule is C=C(C)C(=O)OCCC[Si](O)(OC)O[Si](C)(OC)O[Si](OC)(O[Si](OC)(OC)OO)c1ccccc1. The molecule has 0 fully saturated rings. The smallest absolute Gasteiger partial charge is 0.462 e. The van der Waals surface area contributed by atoms with Crippen LogP contribution in [0, 0.1) is 0 Å². The third-order valence-electron chi connectivity index (χ3n) is 4.84. The van der Waals surface area contributed by atoms with Gasteiger partial charge in [-0.15, -0.1) is 0 Å². The number of hydrogen-bond donors (Lipinski definition) is 2. The van der Waals surface area contributed by atoms with Crippen LogP contribution in [0.3, 0.4) is 0 Å². The fourth-order valence-corrected chi connectivity index (χ4v) is 15.3. The zero-order valence-corrected chi connectivity index (χ0v) is 25.6. The van der Waals surface area contributed by atoms with Crippen LogP contribution in [0.2, 0.25) is 12.6 Å². The first-order chi connectivity index (χ1) is 16.9. The first-order valence-electron chi connectivity index (χ1n) is 10.7. The third kappa shape index (κ3) is 9.00. The molecule has 0 saturated heterocycles. The molecule has 1 rings (SSSR count). The Bertz CT molecular complexity index is 823. The Labute approximate surface area is 215 Å². The van der Waals surface area contributed by atoms with E-state index in [-0.39, 0.29) is 24.6 Å². The minimum absolute atomic E-state index is 0.0212. The van der Waals surface area contributed by atoms with Gasteiger partial charge in [-0.3, -0.25) is 5.26 Å². The lowest BCUT2D eigenvalue weighted by atomic mass is 10.4. The summed E-state index contributed by atoms with van der Waals surface area (Å²) < 4.78 is 54.9. The van der Waals surface area contributed by atoms with E-state index in [1.807, 2.05) is 0 Å². The lowest BCUT2D eigenvalue weighted by molar-refractivity contribution is -0.216. The van der Waals surface area contributed by atoms with Crippen molar-refractivity contribution in [2.75, 3.05) is 42.2 Å². The minimum atomic E-state index is -4.14. The summed E-state index contributed by atoms with van der Waals surface area (Å²) in [5, 5.41) is 9.96. The molecule has 0 aliphatic carbocycles. The number of carbonyl (C=O) groups excluding carboxylic acids is 1. The van der Waals surface area contributed by atoms with Crippen LogP contribution in [-0.2, 0) is 48.6 Å². The number of carbonyl (C=O) groups is 1. The van der Waals surface area contributed by atoms with Gasteiger partial charge < -0.3 is 44.0 Å². The molecule has 3 unspecified atom stereocenters. The Hall–Kier alpha value is -1.14. The largest absolute Gasteiger partial charge is 0.700 e. The van der Waals surface area contributed by atoms with Gasteiger partial charge in [0, 0.05) is 58.9 Å². The van der Waals surface area contributed by atoms with Crippen molar-refractivity contribution >= 4 is 46.6 Å². The number of benzene rings is 1. The number of esters is 1. The summed E-state index contributed by atoms with van der Waals surface area (Å²) >= 11 is 0. The molecular weight excluding hydrogens is 549 g/mol. The molecule has 3 atom stereocenters. The topological polar surface area (TPSA) is 150 Å². The van der Waals surface area contributed by atoms with E-state index in [4.69, 9.17) is 39.2 Å². The molecule has 2 N–H and O–H groups in total. The van der Waals surface area contributed by atoms with Crippen molar-refractivity contribution in [3.63, 3.8) is 0 Å². The van der Waals surface area contributed by atoms with Gasteiger partial charge in [-0.1, -0.05) is 36.9 Å². The summed E-state index contributed by atoms with van der Waals surface area (Å²) in [6.07, 6.45) is 0.244. The minimum Gasteiger partial charge on any atom is -0.462 e. The third-order valence-corrected chi connectivity index (χ3v) is 17.4. The molecule has 0 aliphatic rings. The number of rotatable bonds is 18. The average molecular weight is 585 g/mol. The molecule has 36 heavy (non-hydrogen) atoms. The second-order valence-corrected chi connectivity index (χ2v) is 18.4. The summed E-state index contributed by atoms with van der Waals surface area (Å²) in [6.45, 7) is 6.59. The van der Waals surface area contributed by atoms with Gasteiger partial charge in [0.1, 0.15) is 0 Å². The van der Waals surface area contributed by atoms with Crippen molar-refractivity contribution in [2.24, 2.45) is 0 Å². The van der Waals surface area contributed by atoms with Crippen molar-refractivity contribution in [3.05, 3.63) is 42.5 Å². The highest BCUT2D eigenvalue weighted by molar-refractivity contribution is 6.88. The molecule has 0 heterocycles. The van der Waals surface area contributed by atoms with Gasteiger partial charge >= 0.3 is 41.4 Å². The quantitative estimate of drug-likeness (QED) is 0.0632. The maximum atomic E-state index is 11.6. The van der Waals surface area contributed by atoms with E-state index in [0.717, 1.165) is 0 Å². The molecule has 1 aromatic carbocycles. The highest BCUT2D eigenvalue weighted by Crippen LogP contribution is 2.27. The van der Waals surface area contributed by atoms with E-state index in [1.165, 1.54) is 49.0 Å². The monoisotopic (exact) mass is 584 g/mol. The van der Waals surface area contributed by atoms with Crippen molar-refractivity contribution in [1.82, 2.24) is 0 Å². The fraction of sp³-hybridized carbons (Fsp3) is 0.526. The van der Waals surface area contributed by atoms with Crippen LogP contribution in [0.4, 0.5) is 0 Å². The van der Waals surface area contributed by atoms with Gasteiger partial charge in [-0.2, -0.15) is 4.58 Å². The summed E-state index contributed by atoms with van der Waals surface area (Å²) in [5.74, 6) is -0.538. The van der Waals surface area contributed by atoms with Crippen LogP contribution >= 0.6 is 0 Å². The van der Waals surface area contributed by atoms with Gasteiger partial charge in [0.15, 0.2) is 0 Å². The molecule has 13 nitrogen and oxygen atoms in total. The number of ether oxygens (including phenoxy) is 1. The average Bonchev–Trinajstić information content (AvgIpc) is 2.89. The highest BCUT2D eigenvalue weighted by atomic mass is 28.5. The number of hydrogen-bond acceptors (Lipinski definition) is 13. The van der Waals surface area contributed by atoms with Crippen molar-refractivity contribution < 1.29 is 58.6 Å². The maximum Gasteiger partial charge on any atom is 0.700 e. The van der Waals surface area contributed by atoms with Crippen molar-refractivity contribution in [1.29, 1.82) is 0 Å². The van der Waals surface area contributed by atoms with E-state index in [2.05, 4.69) is 11.2 Å². The predicted molar refractivity (Wildman–Crippen MR) is 134 cm³/mol. The summed E-state index contributed by atoms with van der Waals surface area (Å²) in [7, 11) is -9.49. The Morgan fingerprint density at radius 2 is 1.53 bits per heavy atom. The van der Waals surface area contributed by atoms with E-state index in [0.29, 0.717) is 5.19 Å². The Kier molecular flexibility index (Phi) is 13.4. The molecule has 1 aromatic rings. The predicted octanol–water partition coefficient (Wildman–Crippen LogP) is 1.05. The van der Waals surface area contributed by atoms with E-state index < -0.39 is 41.4 Å². The fourth-order valence-electron chi connectivity index (χ4n) is 2.82. The molecule has 0 aromatic heterocycles. The second-order valence-electron chi connectivity index (χ2n) is 7.44. The lowest BCUT2D eigenvalue weighted by Gasteiger charge is -2.40. The molecule has 0 bridgehead atoms. The molecular formula is C19H36O13Si4. The van der Waals surface area contributed by atoms with Gasteiger partial charge in [-0.05, 0) is 13.3 Å². The van der Waals surface area contributed by atoms with E-state index in [9.17, 15) is 14.8 Å². The summed E-state index contributed by atoms with van der Waals surface area (Å²) in [4.78, 5) is 22.7. The van der Waals surface area contributed by atoms with Gasteiger partial charge in [0.25, 0.3) is 0 Å². The van der Waals surface area contributed by atoms with Crippen LogP contribution < -0.4 is 5.19 Å². The molecule has 0 radical (unpaired) electrons. The molecule has 0 spiro atoms. The standard InChI is InChI=1S/C19H36O13Si4/c1-17(2)19(20)28-15-12-16-34(22,24-4)30-33(8,23-3)31-35(25-5,18-13-10-9-11-14-18)32-36(26-6,27-7)29-21/h9-11,13-14,21-22H,1,12,15-16H2,2-8H3. The maximum absolute atomic E-state index is 11.6. The molecule has 0 amide bonds. The van der Waals surface area contributed by atoms with Crippen LogP contribution in [-0.4, -0.2) is 93.6 Å². The van der Waals surface area contributed by atoms with Crippen LogP contribution in [0.1, 0.15) is 13.3 Å². The zero-order valence-electron chi connectivity index (χ0n) is 21.6. The van der Waals surface area contributed by atoms with Crippen molar-refractivity contribution in [2.45, 2.75) is 25.9 Å². The Morgan fingerprint density at radius 3 is 1.97 bits per heavy atom. The zero-order chi connectivity index (χ0) is 27.5. The summed E-state index contributed by atoms with van der Waals surface area (Å²) in [6, 6.07) is 8.62. The van der Waals surface area contributed by atoms with E-state index in [1.54, 1.807) is 30.3 Å². The molecule has 206 valence electrons. The first-order valence-corrected chi connectivity index (χ1v) is 18.3. The summed E-state index contributed by atoms with van der Waals surface area (Å²) in [5.41, 5.74) is 0.263. The Balaban J connectivity index is 3.25. The molecule has 17 heteroatoms. The lowest BCUT2D eigenvalue weighted by Crippen LogP contribution is -2.70. The first kappa shape index (κ1) is 32.9. The Morgan fingerprint density at radius 1 is 0.917 bits per heavy atom. The van der Waals surface area contributed by atoms with Gasteiger partial charge in [0.2, 0.25) is 0 Å². The van der Waals surface area contributed by atoms with Gasteiger partial charge in [-0.25, -0.2) is 4.79 Å². The molecule has 0 aliphatic heterocycles. The van der Waals surface area contributed by atoms with Crippen LogP contribution in [0.15, 0.2) is 42.5 Å². The normalized spacial score (nSPS) is 17.0. The van der Waals surface area contributed by atoms with Crippen LogP contribution in [0.5, 0.6) is 0 Å². The molecule has 0 saturated carbocycles. The second kappa shape index (κ2) is 14.7. The highest BCUT2D eigenvalue weighted by Gasteiger charge is 2.62. The van der Waals surface area contributed by atoms with E-state index >= 15 is 0 Å². The van der Waals surface area contributed by atoms with Gasteiger partial charge in [0.05, 0.1) is 6.61 Å². The van der Waals surface area contributed by atoms with Crippen LogP contribution in [0.25, 0.3) is 0 Å². The van der Waals surface area contributed by atoms with Crippen molar-refractivity contribution in [3.8, 4) is 0 Å².